The number of anilines is 1. The van der Waals surface area contributed by atoms with E-state index in [2.05, 4.69) is 39.4 Å². The van der Waals surface area contributed by atoms with Crippen LogP contribution in [0.15, 0.2) is 41.8 Å². The molecule has 3 rings (SSSR count). The summed E-state index contributed by atoms with van der Waals surface area (Å²) in [6.07, 6.45) is 0. The Morgan fingerprint density at radius 3 is 2.60 bits per heavy atom. The molecule has 1 aromatic carbocycles. The van der Waals surface area contributed by atoms with Gasteiger partial charge in [-0.25, -0.2) is 4.79 Å². The molecule has 0 unspecified atom stereocenters. The highest BCUT2D eigenvalue weighted by atomic mass is 32.1. The highest BCUT2D eigenvalue weighted by Gasteiger charge is 2.21. The molecule has 0 amide bonds. The number of nitrogens with one attached hydrogen (secondary N) is 1. The highest BCUT2D eigenvalue weighted by molar-refractivity contribution is 7.80. The van der Waals surface area contributed by atoms with Gasteiger partial charge in [0.15, 0.2) is 5.11 Å². The molecule has 7 heteroatoms. The first kappa shape index (κ1) is 17.8. The van der Waals surface area contributed by atoms with Gasteiger partial charge in [0, 0.05) is 32.7 Å². The molecule has 1 saturated heterocycles. The second-order valence-corrected chi connectivity index (χ2v) is 7.14. The Morgan fingerprint density at radius 2 is 1.92 bits per heavy atom. The van der Waals surface area contributed by atoms with Crippen LogP contribution in [0.5, 0.6) is 0 Å². The van der Waals surface area contributed by atoms with Crippen molar-refractivity contribution >= 4 is 40.3 Å². The average Bonchev–Trinajstić information content (AvgIpc) is 3.10. The summed E-state index contributed by atoms with van der Waals surface area (Å²) >= 11 is 6.87. The van der Waals surface area contributed by atoms with Gasteiger partial charge in [-0.1, -0.05) is 30.3 Å². The maximum absolute atomic E-state index is 11.8. The van der Waals surface area contributed by atoms with Crippen molar-refractivity contribution in [3.05, 3.63) is 52.2 Å². The minimum atomic E-state index is -0.340. The molecule has 2 aromatic rings. The third kappa shape index (κ3) is 4.56. The highest BCUT2D eigenvalue weighted by Crippen LogP contribution is 2.23. The zero-order valence-electron chi connectivity index (χ0n) is 14.1. The van der Waals surface area contributed by atoms with Gasteiger partial charge in [0.1, 0.15) is 4.88 Å². The van der Waals surface area contributed by atoms with Crippen molar-refractivity contribution in [3.8, 4) is 0 Å². The lowest BCUT2D eigenvalue weighted by Gasteiger charge is -2.36. The lowest BCUT2D eigenvalue weighted by Crippen LogP contribution is -2.49. The summed E-state index contributed by atoms with van der Waals surface area (Å²) in [6.45, 7) is 4.63. The average molecular weight is 376 g/mol. The molecule has 2 heterocycles. The van der Waals surface area contributed by atoms with E-state index in [1.807, 2.05) is 17.5 Å². The fraction of sp³-hybridized carbons (Fsp3) is 0.333. The Balaban J connectivity index is 1.52. The van der Waals surface area contributed by atoms with E-state index >= 15 is 0 Å². The summed E-state index contributed by atoms with van der Waals surface area (Å²) in [5.41, 5.74) is 2.05. The van der Waals surface area contributed by atoms with Crippen molar-refractivity contribution < 1.29 is 9.53 Å². The number of carbonyl (C=O) groups is 1. The van der Waals surface area contributed by atoms with Gasteiger partial charge in [0.05, 0.1) is 12.8 Å². The SMILES string of the molecule is COC(=O)c1sccc1NC(=S)N1CCN(Cc2ccccc2)CC1. The van der Waals surface area contributed by atoms with Crippen molar-refractivity contribution in [1.82, 2.24) is 9.80 Å². The van der Waals surface area contributed by atoms with Gasteiger partial charge in [-0.3, -0.25) is 4.90 Å². The molecule has 1 aliphatic heterocycles. The number of rotatable bonds is 4. The molecule has 0 atom stereocenters. The number of esters is 1. The Kier molecular flexibility index (Phi) is 6.01. The topological polar surface area (TPSA) is 44.8 Å². The van der Waals surface area contributed by atoms with Crippen LogP contribution in [-0.2, 0) is 11.3 Å². The van der Waals surface area contributed by atoms with Gasteiger partial charge < -0.3 is 15.0 Å². The van der Waals surface area contributed by atoms with E-state index < -0.39 is 0 Å². The molecule has 1 aliphatic rings. The molecule has 0 radical (unpaired) electrons. The first-order chi connectivity index (χ1) is 12.2. The first-order valence-corrected chi connectivity index (χ1v) is 9.44. The summed E-state index contributed by atoms with van der Waals surface area (Å²) in [6, 6.07) is 12.4. The van der Waals surface area contributed by atoms with Gasteiger partial charge in [0.2, 0.25) is 0 Å². The molecule has 0 bridgehead atoms. The fourth-order valence-corrected chi connectivity index (χ4v) is 3.86. The van der Waals surface area contributed by atoms with Crippen LogP contribution in [0.2, 0.25) is 0 Å². The standard InChI is InChI=1S/C18H21N3O2S2/c1-23-17(22)16-15(7-12-25-16)19-18(24)21-10-8-20(9-11-21)13-14-5-3-2-4-6-14/h2-7,12H,8-11,13H2,1H3,(H,19,24). The molecule has 1 aromatic heterocycles. The molecule has 5 nitrogen and oxygen atoms in total. The molecule has 0 aliphatic carbocycles. The van der Waals surface area contributed by atoms with E-state index in [9.17, 15) is 4.79 Å². The predicted molar refractivity (Wildman–Crippen MR) is 105 cm³/mol. The summed E-state index contributed by atoms with van der Waals surface area (Å²) in [5, 5.41) is 5.70. The number of thiocarbonyl (C=S) groups is 1. The Morgan fingerprint density at radius 1 is 1.20 bits per heavy atom. The Labute approximate surface area is 157 Å². The molecular weight excluding hydrogens is 354 g/mol. The molecule has 0 saturated carbocycles. The summed E-state index contributed by atoms with van der Waals surface area (Å²) in [4.78, 5) is 16.9. The quantitative estimate of drug-likeness (QED) is 0.655. The minimum absolute atomic E-state index is 0.340. The van der Waals surface area contributed by atoms with Crippen LogP contribution < -0.4 is 5.32 Å². The number of thiophene rings is 1. The zero-order chi connectivity index (χ0) is 17.6. The number of benzene rings is 1. The van der Waals surface area contributed by atoms with E-state index in [-0.39, 0.29) is 5.97 Å². The smallest absolute Gasteiger partial charge is 0.350 e. The van der Waals surface area contributed by atoms with E-state index in [1.54, 1.807) is 0 Å². The summed E-state index contributed by atoms with van der Waals surface area (Å²) in [7, 11) is 1.39. The third-order valence-electron chi connectivity index (χ3n) is 4.19. The summed E-state index contributed by atoms with van der Waals surface area (Å²) < 4.78 is 4.80. The van der Waals surface area contributed by atoms with Gasteiger partial charge >= 0.3 is 5.97 Å². The van der Waals surface area contributed by atoms with Crippen LogP contribution in [0, 0.1) is 0 Å². The molecular formula is C18H21N3O2S2. The number of hydrogen-bond donors (Lipinski definition) is 1. The molecule has 25 heavy (non-hydrogen) atoms. The van der Waals surface area contributed by atoms with E-state index in [4.69, 9.17) is 17.0 Å². The number of nitrogens with zero attached hydrogens (tertiary/aromatic N) is 2. The van der Waals surface area contributed by atoms with Crippen LogP contribution in [-0.4, -0.2) is 54.2 Å². The number of carbonyl (C=O) groups excluding carboxylic acids is 1. The number of hydrogen-bond acceptors (Lipinski definition) is 5. The zero-order valence-corrected chi connectivity index (χ0v) is 15.7. The van der Waals surface area contributed by atoms with Gasteiger partial charge in [-0.05, 0) is 29.2 Å². The summed E-state index contributed by atoms with van der Waals surface area (Å²) in [5.74, 6) is -0.340. The third-order valence-corrected chi connectivity index (χ3v) is 5.44. The molecule has 132 valence electrons. The van der Waals surface area contributed by atoms with Crippen molar-refractivity contribution in [2.24, 2.45) is 0 Å². The lowest BCUT2D eigenvalue weighted by atomic mass is 10.2. The van der Waals surface area contributed by atoms with Crippen molar-refractivity contribution in [1.29, 1.82) is 0 Å². The largest absolute Gasteiger partial charge is 0.465 e. The molecule has 1 fully saturated rings. The fourth-order valence-electron chi connectivity index (χ4n) is 2.80. The second-order valence-electron chi connectivity index (χ2n) is 5.83. The lowest BCUT2D eigenvalue weighted by molar-refractivity contribution is 0.0607. The minimum Gasteiger partial charge on any atom is -0.465 e. The Bertz CT molecular complexity index is 725. The second kappa shape index (κ2) is 8.42. The molecule has 0 spiro atoms. The number of methoxy groups -OCH3 is 1. The van der Waals surface area contributed by atoms with Gasteiger partial charge in [0.25, 0.3) is 0 Å². The first-order valence-electron chi connectivity index (χ1n) is 8.15. The Hall–Kier alpha value is -1.96. The van der Waals surface area contributed by atoms with Crippen LogP contribution in [0.3, 0.4) is 0 Å². The van der Waals surface area contributed by atoms with E-state index in [0.29, 0.717) is 15.7 Å². The van der Waals surface area contributed by atoms with E-state index in [1.165, 1.54) is 24.0 Å². The normalized spacial score (nSPS) is 15.0. The van der Waals surface area contributed by atoms with Crippen molar-refractivity contribution in [2.75, 3.05) is 38.6 Å². The van der Waals surface area contributed by atoms with Crippen LogP contribution >= 0.6 is 23.6 Å². The number of piperazine rings is 1. The molecule has 1 N–H and O–H groups in total. The van der Waals surface area contributed by atoms with Gasteiger partial charge in [-0.15, -0.1) is 11.3 Å². The van der Waals surface area contributed by atoms with Crippen LogP contribution in [0.1, 0.15) is 15.2 Å². The van der Waals surface area contributed by atoms with Gasteiger partial charge in [-0.2, -0.15) is 0 Å². The van der Waals surface area contributed by atoms with E-state index in [0.717, 1.165) is 32.7 Å². The van der Waals surface area contributed by atoms with Crippen molar-refractivity contribution in [3.63, 3.8) is 0 Å². The van der Waals surface area contributed by atoms with Crippen LogP contribution in [0.4, 0.5) is 5.69 Å². The maximum atomic E-state index is 11.8. The van der Waals surface area contributed by atoms with Crippen LogP contribution in [0.25, 0.3) is 0 Å². The maximum Gasteiger partial charge on any atom is 0.350 e. The monoisotopic (exact) mass is 375 g/mol. The van der Waals surface area contributed by atoms with Crippen molar-refractivity contribution in [2.45, 2.75) is 6.54 Å². The number of ether oxygens (including phenoxy) is 1. The predicted octanol–water partition coefficient (Wildman–Crippen LogP) is 3.05.